The molecule has 0 spiro atoms. The van der Waals surface area contributed by atoms with Gasteiger partial charge in [0.1, 0.15) is 0 Å². The summed E-state index contributed by atoms with van der Waals surface area (Å²) in [7, 11) is -3.41. The lowest BCUT2D eigenvalue weighted by Gasteiger charge is -2.07. The molecule has 1 heterocycles. The van der Waals surface area contributed by atoms with Gasteiger partial charge >= 0.3 is 11.8 Å². The van der Waals surface area contributed by atoms with Crippen LogP contribution >= 0.6 is 0 Å². The number of benzene rings is 1. The third-order valence-corrected chi connectivity index (χ3v) is 5.08. The van der Waals surface area contributed by atoms with Crippen LogP contribution in [0.2, 0.25) is 0 Å². The van der Waals surface area contributed by atoms with Gasteiger partial charge in [0.05, 0.1) is 10.6 Å². The van der Waals surface area contributed by atoms with Crippen LogP contribution in [0.1, 0.15) is 36.8 Å². The molecule has 1 amide bonds. The Hall–Kier alpha value is -2.22. The number of carbonyl (C=O) groups is 1. The summed E-state index contributed by atoms with van der Waals surface area (Å²) in [6, 6.07) is 8.15. The highest BCUT2D eigenvalue weighted by molar-refractivity contribution is 7.91. The van der Waals surface area contributed by atoms with E-state index in [-0.39, 0.29) is 34.8 Å². The topological polar surface area (TPSA) is 102 Å². The number of rotatable bonds is 7. The lowest BCUT2D eigenvalue weighted by molar-refractivity contribution is 0.0895. The maximum absolute atomic E-state index is 12.2. The zero-order valence-electron chi connectivity index (χ0n) is 13.0. The second-order valence-electron chi connectivity index (χ2n) is 5.18. The van der Waals surface area contributed by atoms with Gasteiger partial charge in [-0.3, -0.25) is 4.79 Å². The summed E-state index contributed by atoms with van der Waals surface area (Å²) in [5.41, 5.74) is 0. The molecule has 1 N–H and O–H groups in total. The Morgan fingerprint density at radius 3 is 2.65 bits per heavy atom. The molecule has 2 rings (SSSR count). The smallest absolute Gasteiger partial charge is 0.315 e. The Balaban J connectivity index is 1.99. The fourth-order valence-electron chi connectivity index (χ4n) is 1.81. The van der Waals surface area contributed by atoms with Gasteiger partial charge < -0.3 is 9.84 Å². The lowest BCUT2D eigenvalue weighted by Crippen LogP contribution is -2.32. The maximum atomic E-state index is 12.2. The zero-order chi connectivity index (χ0) is 16.9. The molecule has 1 aromatic heterocycles. The van der Waals surface area contributed by atoms with Crippen molar-refractivity contribution in [1.29, 1.82) is 0 Å². The van der Waals surface area contributed by atoms with E-state index in [0.717, 1.165) is 6.42 Å². The molecule has 1 aromatic carbocycles. The monoisotopic (exact) mass is 337 g/mol. The van der Waals surface area contributed by atoms with Crippen molar-refractivity contribution < 1.29 is 17.7 Å². The third-order valence-electron chi connectivity index (χ3n) is 3.35. The highest BCUT2D eigenvalue weighted by Crippen LogP contribution is 2.11. The Labute approximate surface area is 135 Å². The van der Waals surface area contributed by atoms with Gasteiger partial charge in [0.15, 0.2) is 15.7 Å². The molecule has 23 heavy (non-hydrogen) atoms. The van der Waals surface area contributed by atoms with Gasteiger partial charge in [0, 0.05) is 12.5 Å². The summed E-state index contributed by atoms with van der Waals surface area (Å²) in [6.45, 7) is 3.81. The van der Waals surface area contributed by atoms with Gasteiger partial charge in [-0.1, -0.05) is 30.3 Å². The second kappa shape index (κ2) is 7.36. The first-order valence-electron chi connectivity index (χ1n) is 7.33. The number of aromatic nitrogens is 2. The average molecular weight is 337 g/mol. The van der Waals surface area contributed by atoms with Crippen LogP contribution in [0.4, 0.5) is 0 Å². The Bertz CT molecular complexity index is 756. The van der Waals surface area contributed by atoms with E-state index in [1.54, 1.807) is 18.2 Å². The SMILES string of the molecule is CC[C@H](C)NC(=O)c1nc(CCS(=O)(=O)c2ccccc2)no1. The molecule has 8 heteroatoms. The first-order valence-corrected chi connectivity index (χ1v) is 8.99. The lowest BCUT2D eigenvalue weighted by atomic mass is 10.2. The minimum Gasteiger partial charge on any atom is -0.345 e. The number of amides is 1. The molecule has 0 fully saturated rings. The highest BCUT2D eigenvalue weighted by Gasteiger charge is 2.19. The molecule has 0 saturated carbocycles. The molecule has 0 saturated heterocycles. The summed E-state index contributed by atoms with van der Waals surface area (Å²) in [5, 5.41) is 6.36. The second-order valence-corrected chi connectivity index (χ2v) is 7.29. The average Bonchev–Trinajstić information content (AvgIpc) is 3.03. The molecule has 2 aromatic rings. The fraction of sp³-hybridized carbons (Fsp3) is 0.400. The Morgan fingerprint density at radius 2 is 2.00 bits per heavy atom. The van der Waals surface area contributed by atoms with Crippen LogP contribution in [0.3, 0.4) is 0 Å². The number of aryl methyl sites for hydroxylation is 1. The third kappa shape index (κ3) is 4.62. The molecule has 0 bridgehead atoms. The van der Waals surface area contributed by atoms with Crippen LogP contribution < -0.4 is 5.32 Å². The molecule has 0 aliphatic heterocycles. The number of nitrogens with zero attached hydrogens (tertiary/aromatic N) is 2. The van der Waals surface area contributed by atoms with E-state index in [2.05, 4.69) is 15.5 Å². The first kappa shape index (κ1) is 17.1. The fourth-order valence-corrected chi connectivity index (χ4v) is 3.07. The van der Waals surface area contributed by atoms with Crippen LogP contribution in [-0.4, -0.2) is 36.3 Å². The standard InChI is InChI=1S/C15H19N3O4S/c1-3-11(2)16-14(19)15-17-13(18-22-15)9-10-23(20,21)12-7-5-4-6-8-12/h4-8,11H,3,9-10H2,1-2H3,(H,16,19)/t11-/m0/s1. The predicted octanol–water partition coefficient (Wildman–Crippen LogP) is 1.61. The molecule has 0 unspecified atom stereocenters. The van der Waals surface area contributed by atoms with Crippen LogP contribution in [-0.2, 0) is 16.3 Å². The Morgan fingerprint density at radius 1 is 1.30 bits per heavy atom. The Kier molecular flexibility index (Phi) is 5.49. The van der Waals surface area contributed by atoms with Crippen molar-refractivity contribution in [3.05, 3.63) is 42.0 Å². The van der Waals surface area contributed by atoms with Crippen molar-refractivity contribution >= 4 is 15.7 Å². The van der Waals surface area contributed by atoms with E-state index in [9.17, 15) is 13.2 Å². The van der Waals surface area contributed by atoms with Gasteiger partial charge in [-0.05, 0) is 25.5 Å². The molecule has 124 valence electrons. The molecule has 0 aliphatic carbocycles. The van der Waals surface area contributed by atoms with Crippen LogP contribution in [0.25, 0.3) is 0 Å². The molecular weight excluding hydrogens is 318 g/mol. The van der Waals surface area contributed by atoms with E-state index in [4.69, 9.17) is 4.52 Å². The van der Waals surface area contributed by atoms with E-state index >= 15 is 0 Å². The number of nitrogens with one attached hydrogen (secondary N) is 1. The van der Waals surface area contributed by atoms with E-state index in [0.29, 0.717) is 0 Å². The summed E-state index contributed by atoms with van der Waals surface area (Å²) in [6.07, 6.45) is 0.861. The van der Waals surface area contributed by atoms with Gasteiger partial charge in [-0.15, -0.1) is 0 Å². The minimum atomic E-state index is -3.41. The first-order chi connectivity index (χ1) is 10.9. The summed E-state index contributed by atoms with van der Waals surface area (Å²) < 4.78 is 29.2. The summed E-state index contributed by atoms with van der Waals surface area (Å²) >= 11 is 0. The van der Waals surface area contributed by atoms with Crippen LogP contribution in [0, 0.1) is 0 Å². The predicted molar refractivity (Wildman–Crippen MR) is 83.7 cm³/mol. The van der Waals surface area contributed by atoms with Gasteiger partial charge in [-0.25, -0.2) is 8.42 Å². The van der Waals surface area contributed by atoms with E-state index in [1.165, 1.54) is 12.1 Å². The number of sulfone groups is 1. The van der Waals surface area contributed by atoms with Crippen molar-refractivity contribution in [2.45, 2.75) is 37.6 Å². The highest BCUT2D eigenvalue weighted by atomic mass is 32.2. The number of hydrogen-bond donors (Lipinski definition) is 1. The quantitative estimate of drug-likeness (QED) is 0.823. The molecule has 7 nitrogen and oxygen atoms in total. The van der Waals surface area contributed by atoms with Crippen molar-refractivity contribution in [1.82, 2.24) is 15.5 Å². The van der Waals surface area contributed by atoms with E-state index in [1.807, 2.05) is 13.8 Å². The summed E-state index contributed by atoms with van der Waals surface area (Å²) in [4.78, 5) is 16.0. The molecule has 1 atom stereocenters. The van der Waals surface area contributed by atoms with Crippen molar-refractivity contribution in [2.75, 3.05) is 5.75 Å². The summed E-state index contributed by atoms with van der Waals surface area (Å²) in [5.74, 6) is -0.566. The molecule has 0 radical (unpaired) electrons. The number of hydrogen-bond acceptors (Lipinski definition) is 6. The van der Waals surface area contributed by atoms with Crippen molar-refractivity contribution in [3.63, 3.8) is 0 Å². The van der Waals surface area contributed by atoms with Gasteiger partial charge in [0.2, 0.25) is 0 Å². The van der Waals surface area contributed by atoms with E-state index < -0.39 is 15.7 Å². The van der Waals surface area contributed by atoms with Crippen LogP contribution in [0.5, 0.6) is 0 Å². The van der Waals surface area contributed by atoms with Crippen LogP contribution in [0.15, 0.2) is 39.8 Å². The minimum absolute atomic E-state index is 0.00342. The van der Waals surface area contributed by atoms with Crippen molar-refractivity contribution in [2.24, 2.45) is 0 Å². The van der Waals surface area contributed by atoms with Crippen molar-refractivity contribution in [3.8, 4) is 0 Å². The number of carbonyl (C=O) groups excluding carboxylic acids is 1. The van der Waals surface area contributed by atoms with Gasteiger partial charge in [0.25, 0.3) is 0 Å². The normalized spacial score (nSPS) is 12.8. The maximum Gasteiger partial charge on any atom is 0.315 e. The van der Waals surface area contributed by atoms with Gasteiger partial charge in [-0.2, -0.15) is 4.98 Å². The molecular formula is C15H19N3O4S. The zero-order valence-corrected chi connectivity index (χ0v) is 13.8. The largest absolute Gasteiger partial charge is 0.345 e. The molecule has 0 aliphatic rings.